The van der Waals surface area contributed by atoms with Crippen LogP contribution in [0.4, 0.5) is 0 Å². The van der Waals surface area contributed by atoms with Crippen LogP contribution < -0.4 is 0 Å². The van der Waals surface area contributed by atoms with Gasteiger partial charge in [-0.15, -0.1) is 10.2 Å². The first kappa shape index (κ1) is 13.2. The number of tetrazole rings is 1. The maximum Gasteiger partial charge on any atom is 0.230 e. The second-order valence-corrected chi connectivity index (χ2v) is 4.03. The molecule has 2 rings (SSSR count). The Hall–Kier alpha value is -2.28. The maximum absolute atomic E-state index is 12.1. The standard InChI is InChI=1S/C12H15N5O2/c18-7-6-17(9-10-4-2-1-3-5-10)12(19)8-11-13-15-16-14-11/h1-5,18H,6-9H2,(H,13,14,15,16). The molecule has 0 unspecified atom stereocenters. The Morgan fingerprint density at radius 2 is 2.11 bits per heavy atom. The Labute approximate surface area is 110 Å². The van der Waals surface area contributed by atoms with E-state index in [1.807, 2.05) is 30.3 Å². The van der Waals surface area contributed by atoms with Crippen LogP contribution in [-0.2, 0) is 17.8 Å². The predicted octanol–water partition coefficient (Wildman–Crippen LogP) is -0.237. The highest BCUT2D eigenvalue weighted by molar-refractivity contribution is 5.77. The third-order valence-corrected chi connectivity index (χ3v) is 2.64. The predicted molar refractivity (Wildman–Crippen MR) is 66.8 cm³/mol. The Bertz CT molecular complexity index is 500. The van der Waals surface area contributed by atoms with Crippen LogP contribution >= 0.6 is 0 Å². The van der Waals surface area contributed by atoms with Gasteiger partial charge < -0.3 is 10.0 Å². The largest absolute Gasteiger partial charge is 0.395 e. The number of nitrogens with one attached hydrogen (secondary N) is 1. The van der Waals surface area contributed by atoms with Crippen molar-refractivity contribution in [3.8, 4) is 0 Å². The Morgan fingerprint density at radius 1 is 1.32 bits per heavy atom. The number of aliphatic hydroxyl groups is 1. The lowest BCUT2D eigenvalue weighted by molar-refractivity contribution is -0.131. The number of aliphatic hydroxyl groups excluding tert-OH is 1. The van der Waals surface area contributed by atoms with Crippen molar-refractivity contribution in [1.82, 2.24) is 25.5 Å². The summed E-state index contributed by atoms with van der Waals surface area (Å²) >= 11 is 0. The molecule has 2 N–H and O–H groups in total. The van der Waals surface area contributed by atoms with Gasteiger partial charge in [0.05, 0.1) is 13.0 Å². The molecular formula is C12H15N5O2. The van der Waals surface area contributed by atoms with Gasteiger partial charge in [-0.3, -0.25) is 4.79 Å². The summed E-state index contributed by atoms with van der Waals surface area (Å²) in [4.78, 5) is 13.7. The van der Waals surface area contributed by atoms with Crippen molar-refractivity contribution in [3.63, 3.8) is 0 Å². The minimum Gasteiger partial charge on any atom is -0.395 e. The molecule has 0 saturated heterocycles. The van der Waals surface area contributed by atoms with E-state index in [2.05, 4.69) is 20.6 Å². The molecule has 0 aliphatic heterocycles. The number of hydrogen-bond donors (Lipinski definition) is 2. The Kier molecular flexibility index (Phi) is 4.57. The van der Waals surface area contributed by atoms with E-state index < -0.39 is 0 Å². The molecule has 19 heavy (non-hydrogen) atoms. The van der Waals surface area contributed by atoms with Gasteiger partial charge in [-0.25, -0.2) is 0 Å². The molecule has 0 bridgehead atoms. The molecule has 7 heteroatoms. The lowest BCUT2D eigenvalue weighted by Gasteiger charge is -2.21. The zero-order chi connectivity index (χ0) is 13.5. The van der Waals surface area contributed by atoms with E-state index in [-0.39, 0.29) is 25.5 Å². The van der Waals surface area contributed by atoms with Crippen molar-refractivity contribution in [2.45, 2.75) is 13.0 Å². The van der Waals surface area contributed by atoms with Crippen LogP contribution in [0.15, 0.2) is 30.3 Å². The first-order valence-electron chi connectivity index (χ1n) is 5.94. The number of H-pyrrole nitrogens is 1. The van der Waals surface area contributed by atoms with Crippen molar-refractivity contribution in [3.05, 3.63) is 41.7 Å². The fourth-order valence-electron chi connectivity index (χ4n) is 1.72. The monoisotopic (exact) mass is 261 g/mol. The number of aromatic amines is 1. The van der Waals surface area contributed by atoms with Gasteiger partial charge >= 0.3 is 0 Å². The summed E-state index contributed by atoms with van der Waals surface area (Å²) in [7, 11) is 0. The highest BCUT2D eigenvalue weighted by Gasteiger charge is 2.16. The van der Waals surface area contributed by atoms with Gasteiger partial charge in [0.2, 0.25) is 5.91 Å². The highest BCUT2D eigenvalue weighted by Crippen LogP contribution is 2.06. The van der Waals surface area contributed by atoms with Crippen molar-refractivity contribution in [2.75, 3.05) is 13.2 Å². The lowest BCUT2D eigenvalue weighted by Crippen LogP contribution is -2.34. The molecular weight excluding hydrogens is 246 g/mol. The summed E-state index contributed by atoms with van der Waals surface area (Å²) in [5.41, 5.74) is 1.01. The highest BCUT2D eigenvalue weighted by atomic mass is 16.3. The summed E-state index contributed by atoms with van der Waals surface area (Å²) in [5, 5.41) is 22.3. The molecule has 0 atom stereocenters. The van der Waals surface area contributed by atoms with Crippen LogP contribution in [-0.4, -0.2) is 49.7 Å². The quantitative estimate of drug-likeness (QED) is 0.748. The van der Waals surface area contributed by atoms with Crippen molar-refractivity contribution in [2.24, 2.45) is 0 Å². The summed E-state index contributed by atoms with van der Waals surface area (Å²) in [5.74, 6) is 0.209. The van der Waals surface area contributed by atoms with Crippen molar-refractivity contribution < 1.29 is 9.90 Å². The molecule has 1 heterocycles. The van der Waals surface area contributed by atoms with Gasteiger partial charge in [0.1, 0.15) is 0 Å². The topological polar surface area (TPSA) is 95.0 Å². The number of carbonyl (C=O) groups is 1. The van der Waals surface area contributed by atoms with E-state index >= 15 is 0 Å². The smallest absolute Gasteiger partial charge is 0.230 e. The molecule has 0 saturated carbocycles. The lowest BCUT2D eigenvalue weighted by atomic mass is 10.2. The first-order valence-corrected chi connectivity index (χ1v) is 5.94. The SMILES string of the molecule is O=C(Cc1nn[nH]n1)N(CCO)Cc1ccccc1. The normalized spacial score (nSPS) is 10.4. The second kappa shape index (κ2) is 6.60. The van der Waals surface area contributed by atoms with E-state index in [0.29, 0.717) is 12.4 Å². The van der Waals surface area contributed by atoms with Crippen molar-refractivity contribution in [1.29, 1.82) is 0 Å². The third-order valence-electron chi connectivity index (χ3n) is 2.64. The summed E-state index contributed by atoms with van der Waals surface area (Å²) in [6, 6.07) is 9.62. The van der Waals surface area contributed by atoms with Gasteiger partial charge in [-0.05, 0) is 5.56 Å². The van der Waals surface area contributed by atoms with E-state index in [9.17, 15) is 4.79 Å². The minimum absolute atomic E-state index is 0.0728. The third kappa shape index (κ3) is 3.85. The van der Waals surface area contributed by atoms with E-state index in [0.717, 1.165) is 5.56 Å². The summed E-state index contributed by atoms with van der Waals surface area (Å²) in [6.45, 7) is 0.661. The fraction of sp³-hybridized carbons (Fsp3) is 0.333. The summed E-state index contributed by atoms with van der Waals surface area (Å²) < 4.78 is 0. The van der Waals surface area contributed by atoms with Crippen LogP contribution in [0, 0.1) is 0 Å². The molecule has 1 aromatic carbocycles. The maximum atomic E-state index is 12.1. The van der Waals surface area contributed by atoms with Gasteiger partial charge in [0.25, 0.3) is 0 Å². The molecule has 7 nitrogen and oxygen atoms in total. The van der Waals surface area contributed by atoms with Gasteiger partial charge in [0, 0.05) is 13.1 Å². The molecule has 0 aliphatic rings. The zero-order valence-corrected chi connectivity index (χ0v) is 10.4. The molecule has 1 amide bonds. The van der Waals surface area contributed by atoms with Crippen molar-refractivity contribution >= 4 is 5.91 Å². The fourth-order valence-corrected chi connectivity index (χ4v) is 1.72. The van der Waals surface area contributed by atoms with Crippen LogP contribution in [0.5, 0.6) is 0 Å². The molecule has 0 spiro atoms. The van der Waals surface area contributed by atoms with Crippen LogP contribution in [0.3, 0.4) is 0 Å². The molecule has 2 aromatic rings. The number of rotatable bonds is 6. The minimum atomic E-state index is -0.140. The molecule has 0 fully saturated rings. The average Bonchev–Trinajstić information content (AvgIpc) is 2.92. The zero-order valence-electron chi connectivity index (χ0n) is 10.4. The van der Waals surface area contributed by atoms with E-state index in [4.69, 9.17) is 5.11 Å². The van der Waals surface area contributed by atoms with E-state index in [1.165, 1.54) is 0 Å². The van der Waals surface area contributed by atoms with Gasteiger partial charge in [-0.1, -0.05) is 35.5 Å². The number of benzene rings is 1. The Balaban J connectivity index is 2.00. The molecule has 100 valence electrons. The number of amides is 1. The number of aromatic nitrogens is 4. The van der Waals surface area contributed by atoms with Gasteiger partial charge in [-0.2, -0.15) is 5.21 Å². The average molecular weight is 261 g/mol. The number of carbonyl (C=O) groups excluding carboxylic acids is 1. The van der Waals surface area contributed by atoms with E-state index in [1.54, 1.807) is 4.90 Å². The summed E-state index contributed by atoms with van der Waals surface area (Å²) in [6.07, 6.45) is 0.0728. The number of nitrogens with zero attached hydrogens (tertiary/aromatic N) is 4. The number of hydrogen-bond acceptors (Lipinski definition) is 5. The molecule has 0 aliphatic carbocycles. The van der Waals surface area contributed by atoms with Crippen LogP contribution in [0.25, 0.3) is 0 Å². The Morgan fingerprint density at radius 3 is 2.74 bits per heavy atom. The van der Waals surface area contributed by atoms with Crippen LogP contribution in [0.1, 0.15) is 11.4 Å². The first-order chi connectivity index (χ1) is 9.29. The van der Waals surface area contributed by atoms with Crippen LogP contribution in [0.2, 0.25) is 0 Å². The molecule has 0 radical (unpaired) electrons. The van der Waals surface area contributed by atoms with Gasteiger partial charge in [0.15, 0.2) is 5.82 Å². The second-order valence-electron chi connectivity index (χ2n) is 4.03. The molecule has 1 aromatic heterocycles.